The predicted octanol–water partition coefficient (Wildman–Crippen LogP) is 4.40. The summed E-state index contributed by atoms with van der Waals surface area (Å²) in [5.41, 5.74) is 2.32. The van der Waals surface area contributed by atoms with E-state index in [4.69, 9.17) is 32.7 Å². The molecule has 29 heavy (non-hydrogen) atoms. The Morgan fingerprint density at radius 2 is 1.72 bits per heavy atom. The topological polar surface area (TPSA) is 64.6 Å². The van der Waals surface area contributed by atoms with Crippen molar-refractivity contribution in [2.45, 2.75) is 31.2 Å². The fraction of sp³-hybridized carbons (Fsp3) is 0.364. The van der Waals surface area contributed by atoms with Gasteiger partial charge in [0.2, 0.25) is 0 Å². The van der Waals surface area contributed by atoms with E-state index in [9.17, 15) is 9.59 Å². The first-order valence-electron chi connectivity index (χ1n) is 9.49. The summed E-state index contributed by atoms with van der Waals surface area (Å²) in [7, 11) is 1.29. The van der Waals surface area contributed by atoms with Crippen LogP contribution in [0.5, 0.6) is 0 Å². The van der Waals surface area contributed by atoms with Gasteiger partial charge in [0.15, 0.2) is 0 Å². The van der Waals surface area contributed by atoms with E-state index in [1.54, 1.807) is 18.2 Å². The number of methoxy groups -OCH3 is 1. The van der Waals surface area contributed by atoms with Crippen LogP contribution in [0.25, 0.3) is 0 Å². The van der Waals surface area contributed by atoms with Crippen molar-refractivity contribution in [3.8, 4) is 0 Å². The molecule has 0 radical (unpaired) electrons. The van der Waals surface area contributed by atoms with Crippen LogP contribution in [-0.4, -0.2) is 38.2 Å². The van der Waals surface area contributed by atoms with E-state index in [0.29, 0.717) is 12.3 Å². The third kappa shape index (κ3) is 5.50. The van der Waals surface area contributed by atoms with Gasteiger partial charge in [-0.2, -0.15) is 0 Å². The molecule has 7 heteroatoms. The van der Waals surface area contributed by atoms with Crippen LogP contribution in [0.2, 0.25) is 10.0 Å². The highest BCUT2D eigenvalue weighted by Gasteiger charge is 2.25. The summed E-state index contributed by atoms with van der Waals surface area (Å²) in [4.78, 5) is 24.9. The monoisotopic (exact) mass is 435 g/mol. The lowest BCUT2D eigenvalue weighted by atomic mass is 9.90. The highest BCUT2D eigenvalue weighted by Crippen LogP contribution is 2.27. The molecule has 3 rings (SSSR count). The lowest BCUT2D eigenvalue weighted by molar-refractivity contribution is -0.142. The van der Waals surface area contributed by atoms with Gasteiger partial charge in [-0.25, -0.2) is 4.79 Å². The summed E-state index contributed by atoms with van der Waals surface area (Å²) in [6.45, 7) is 1.57. The molecule has 0 spiro atoms. The number of halogens is 2. The van der Waals surface area contributed by atoms with Gasteiger partial charge in [-0.15, -0.1) is 0 Å². The normalized spacial score (nSPS) is 15.6. The first-order valence-corrected chi connectivity index (χ1v) is 10.2. The molecule has 1 fully saturated rings. The molecule has 0 saturated carbocycles. The summed E-state index contributed by atoms with van der Waals surface area (Å²) in [5.74, 6) is -0.555. The molecule has 2 aromatic rings. The van der Waals surface area contributed by atoms with E-state index in [1.165, 1.54) is 12.7 Å². The number of carbonyl (C=O) groups excluding carboxylic acids is 2. The highest BCUT2D eigenvalue weighted by atomic mass is 35.5. The van der Waals surface area contributed by atoms with Gasteiger partial charge in [0, 0.05) is 19.6 Å². The van der Waals surface area contributed by atoms with Crippen molar-refractivity contribution in [2.75, 3.05) is 20.3 Å². The molecule has 1 heterocycles. The average molecular weight is 436 g/mol. The Morgan fingerprint density at radius 1 is 1.10 bits per heavy atom. The van der Waals surface area contributed by atoms with Gasteiger partial charge in [-0.3, -0.25) is 4.79 Å². The summed E-state index contributed by atoms with van der Waals surface area (Å²) >= 11 is 12.2. The summed E-state index contributed by atoms with van der Waals surface area (Å²) < 4.78 is 10.3. The first kappa shape index (κ1) is 21.6. The van der Waals surface area contributed by atoms with E-state index in [0.717, 1.165) is 31.6 Å². The van der Waals surface area contributed by atoms with Crippen LogP contribution in [-0.2, 0) is 20.7 Å². The van der Waals surface area contributed by atoms with Crippen LogP contribution in [0.4, 0.5) is 0 Å². The second kappa shape index (κ2) is 10.1. The van der Waals surface area contributed by atoms with Crippen molar-refractivity contribution in [1.82, 2.24) is 5.32 Å². The Morgan fingerprint density at radius 3 is 2.31 bits per heavy atom. The van der Waals surface area contributed by atoms with Gasteiger partial charge in [-0.05, 0) is 42.0 Å². The minimum Gasteiger partial charge on any atom is -0.467 e. The fourth-order valence-electron chi connectivity index (χ4n) is 3.47. The second-order valence-corrected chi connectivity index (χ2v) is 7.79. The largest absolute Gasteiger partial charge is 0.467 e. The zero-order valence-electron chi connectivity index (χ0n) is 16.1. The molecular weight excluding hydrogens is 413 g/mol. The van der Waals surface area contributed by atoms with Crippen molar-refractivity contribution in [1.29, 1.82) is 0 Å². The number of nitrogens with one attached hydrogen (secondary N) is 1. The van der Waals surface area contributed by atoms with Gasteiger partial charge in [-0.1, -0.05) is 53.5 Å². The Bertz CT molecular complexity index is 843. The Balaban J connectivity index is 1.72. The van der Waals surface area contributed by atoms with Gasteiger partial charge >= 0.3 is 5.97 Å². The number of esters is 1. The molecule has 1 amide bonds. The Labute approximate surface area is 180 Å². The molecule has 1 saturated heterocycles. The van der Waals surface area contributed by atoms with E-state index < -0.39 is 17.9 Å². The maximum absolute atomic E-state index is 12.7. The van der Waals surface area contributed by atoms with Gasteiger partial charge in [0.25, 0.3) is 5.91 Å². The molecule has 1 atom stereocenters. The lowest BCUT2D eigenvalue weighted by Crippen LogP contribution is -2.43. The smallest absolute Gasteiger partial charge is 0.328 e. The number of carbonyl (C=O) groups is 2. The van der Waals surface area contributed by atoms with E-state index >= 15 is 0 Å². The van der Waals surface area contributed by atoms with Crippen LogP contribution >= 0.6 is 23.2 Å². The van der Waals surface area contributed by atoms with Gasteiger partial charge in [0.1, 0.15) is 6.04 Å². The third-order valence-electron chi connectivity index (χ3n) is 5.09. The highest BCUT2D eigenvalue weighted by molar-refractivity contribution is 6.39. The molecular formula is C22H23Cl2NO4. The molecule has 1 N–H and O–H groups in total. The summed E-state index contributed by atoms with van der Waals surface area (Å²) in [6, 6.07) is 12.1. The number of hydrogen-bond donors (Lipinski definition) is 1. The van der Waals surface area contributed by atoms with Crippen molar-refractivity contribution in [3.63, 3.8) is 0 Å². The van der Waals surface area contributed by atoms with Crippen molar-refractivity contribution in [2.24, 2.45) is 0 Å². The van der Waals surface area contributed by atoms with Crippen LogP contribution in [0.3, 0.4) is 0 Å². The maximum Gasteiger partial charge on any atom is 0.328 e. The minimum atomic E-state index is -0.853. The SMILES string of the molecule is COC(=O)C(Cc1ccc(C2CCOCC2)cc1)NC(=O)c1c(Cl)cccc1Cl. The third-order valence-corrected chi connectivity index (χ3v) is 5.72. The van der Waals surface area contributed by atoms with E-state index in [1.807, 2.05) is 12.1 Å². The van der Waals surface area contributed by atoms with E-state index in [-0.39, 0.29) is 15.6 Å². The zero-order valence-corrected chi connectivity index (χ0v) is 17.6. The zero-order chi connectivity index (χ0) is 20.8. The molecule has 1 aliphatic rings. The fourth-order valence-corrected chi connectivity index (χ4v) is 4.04. The number of hydrogen-bond acceptors (Lipinski definition) is 4. The maximum atomic E-state index is 12.7. The molecule has 0 aromatic heterocycles. The Hall–Kier alpha value is -2.08. The van der Waals surface area contributed by atoms with Crippen molar-refractivity contribution < 1.29 is 19.1 Å². The molecule has 1 aliphatic heterocycles. The predicted molar refractivity (Wildman–Crippen MR) is 113 cm³/mol. The molecule has 2 aromatic carbocycles. The van der Waals surface area contributed by atoms with Crippen LogP contribution in [0, 0.1) is 0 Å². The number of ether oxygens (including phenoxy) is 2. The first-order chi connectivity index (χ1) is 14.0. The molecule has 0 aliphatic carbocycles. The average Bonchev–Trinajstić information content (AvgIpc) is 2.73. The number of benzene rings is 2. The van der Waals surface area contributed by atoms with Crippen LogP contribution in [0.1, 0.15) is 40.2 Å². The standard InChI is InChI=1S/C22H23Cl2NO4/c1-28-22(27)19(25-21(26)20-17(23)3-2-4-18(20)24)13-14-5-7-15(8-6-14)16-9-11-29-12-10-16/h2-8,16,19H,9-13H2,1H3,(H,25,26). The Kier molecular flexibility index (Phi) is 7.53. The number of rotatable bonds is 6. The molecule has 154 valence electrons. The molecule has 5 nitrogen and oxygen atoms in total. The minimum absolute atomic E-state index is 0.139. The summed E-state index contributed by atoms with van der Waals surface area (Å²) in [5, 5.41) is 3.14. The molecule has 0 bridgehead atoms. The van der Waals surface area contributed by atoms with Gasteiger partial charge in [0.05, 0.1) is 22.7 Å². The second-order valence-electron chi connectivity index (χ2n) is 6.98. The molecule has 1 unspecified atom stereocenters. The van der Waals surface area contributed by atoms with Crippen molar-refractivity contribution >= 4 is 35.1 Å². The van der Waals surface area contributed by atoms with Crippen LogP contribution < -0.4 is 5.32 Å². The van der Waals surface area contributed by atoms with Gasteiger partial charge < -0.3 is 14.8 Å². The lowest BCUT2D eigenvalue weighted by Gasteiger charge is -2.23. The van der Waals surface area contributed by atoms with Crippen molar-refractivity contribution in [3.05, 3.63) is 69.2 Å². The quantitative estimate of drug-likeness (QED) is 0.682. The summed E-state index contributed by atoms with van der Waals surface area (Å²) in [6.07, 6.45) is 2.33. The van der Waals surface area contributed by atoms with Crippen LogP contribution in [0.15, 0.2) is 42.5 Å². The van der Waals surface area contributed by atoms with E-state index in [2.05, 4.69) is 17.4 Å². The number of amides is 1.